The monoisotopic (exact) mass is 307 g/mol. The summed E-state index contributed by atoms with van der Waals surface area (Å²) in [6.07, 6.45) is -3.64. The zero-order chi connectivity index (χ0) is 15.5. The van der Waals surface area contributed by atoms with Gasteiger partial charge in [0.1, 0.15) is 18.3 Å². The van der Waals surface area contributed by atoms with Crippen molar-refractivity contribution in [2.24, 2.45) is 5.11 Å². The van der Waals surface area contributed by atoms with Gasteiger partial charge in [-0.2, -0.15) is 0 Å². The lowest BCUT2D eigenvalue weighted by molar-refractivity contribution is -0.337. The standard InChI is InChI=1S/C14H17N3O5/c1-19-14-11(18)10(16-17-15)12-9(21-14)7-20-13(22-12)8-5-3-2-4-6-8/h2-6,9-14,18H,7H2,1H3. The molecule has 6 atom stereocenters. The van der Waals surface area contributed by atoms with Crippen molar-refractivity contribution in [1.82, 2.24) is 0 Å². The Hall–Kier alpha value is -1.67. The highest BCUT2D eigenvalue weighted by Crippen LogP contribution is 2.35. The van der Waals surface area contributed by atoms with E-state index in [0.717, 1.165) is 5.56 Å². The highest BCUT2D eigenvalue weighted by molar-refractivity contribution is 5.16. The fourth-order valence-electron chi connectivity index (χ4n) is 2.75. The third kappa shape index (κ3) is 2.80. The molecule has 1 aromatic rings. The molecule has 2 aliphatic heterocycles. The van der Waals surface area contributed by atoms with Crippen LogP contribution in [0.1, 0.15) is 11.9 Å². The Balaban J connectivity index is 1.82. The van der Waals surface area contributed by atoms with Crippen molar-refractivity contribution in [1.29, 1.82) is 0 Å². The van der Waals surface area contributed by atoms with Gasteiger partial charge in [-0.1, -0.05) is 35.4 Å². The fourth-order valence-corrected chi connectivity index (χ4v) is 2.75. The number of methoxy groups -OCH3 is 1. The maximum Gasteiger partial charge on any atom is 0.184 e. The number of azide groups is 1. The molecule has 118 valence electrons. The molecule has 2 aliphatic rings. The molecule has 6 unspecified atom stereocenters. The highest BCUT2D eigenvalue weighted by atomic mass is 16.7. The molecule has 1 N–H and O–H groups in total. The zero-order valence-corrected chi connectivity index (χ0v) is 12.0. The molecule has 0 spiro atoms. The Kier molecular flexibility index (Phi) is 4.58. The molecule has 1 aromatic carbocycles. The van der Waals surface area contributed by atoms with Crippen LogP contribution in [0.5, 0.6) is 0 Å². The van der Waals surface area contributed by atoms with Crippen molar-refractivity contribution >= 4 is 0 Å². The number of aliphatic hydroxyl groups excluding tert-OH is 1. The Morgan fingerprint density at radius 1 is 1.32 bits per heavy atom. The molecule has 22 heavy (non-hydrogen) atoms. The molecule has 0 aromatic heterocycles. The summed E-state index contributed by atoms with van der Waals surface area (Å²) in [6, 6.07) is 8.62. The first-order valence-electron chi connectivity index (χ1n) is 6.97. The average Bonchev–Trinajstić information content (AvgIpc) is 2.57. The quantitative estimate of drug-likeness (QED) is 0.517. The number of rotatable bonds is 3. The molecule has 3 rings (SSSR count). The summed E-state index contributed by atoms with van der Waals surface area (Å²) < 4.78 is 22.2. The van der Waals surface area contributed by atoms with E-state index in [1.165, 1.54) is 7.11 Å². The Morgan fingerprint density at radius 2 is 2.09 bits per heavy atom. The molecular formula is C14H17N3O5. The van der Waals surface area contributed by atoms with Gasteiger partial charge in [0.25, 0.3) is 0 Å². The number of aliphatic hydroxyl groups is 1. The lowest BCUT2D eigenvalue weighted by Gasteiger charge is -2.46. The van der Waals surface area contributed by atoms with E-state index in [9.17, 15) is 5.11 Å². The van der Waals surface area contributed by atoms with E-state index in [0.29, 0.717) is 0 Å². The van der Waals surface area contributed by atoms with Crippen molar-refractivity contribution in [2.45, 2.75) is 36.9 Å². The predicted octanol–water partition coefficient (Wildman–Crippen LogP) is 1.51. The fraction of sp³-hybridized carbons (Fsp3) is 0.571. The van der Waals surface area contributed by atoms with Crippen molar-refractivity contribution in [2.75, 3.05) is 13.7 Å². The molecule has 0 bridgehead atoms. The van der Waals surface area contributed by atoms with Crippen LogP contribution in [-0.2, 0) is 18.9 Å². The van der Waals surface area contributed by atoms with E-state index in [1.54, 1.807) is 0 Å². The van der Waals surface area contributed by atoms with Crippen molar-refractivity contribution in [3.8, 4) is 0 Å². The third-order valence-electron chi connectivity index (χ3n) is 3.82. The largest absolute Gasteiger partial charge is 0.387 e. The maximum atomic E-state index is 10.2. The van der Waals surface area contributed by atoms with Gasteiger partial charge in [-0.3, -0.25) is 0 Å². The zero-order valence-electron chi connectivity index (χ0n) is 12.0. The summed E-state index contributed by atoms with van der Waals surface area (Å²) in [7, 11) is 1.42. The van der Waals surface area contributed by atoms with E-state index < -0.39 is 36.9 Å². The van der Waals surface area contributed by atoms with Crippen molar-refractivity contribution < 1.29 is 24.1 Å². The molecule has 8 nitrogen and oxygen atoms in total. The molecule has 2 saturated heterocycles. The number of hydrogen-bond acceptors (Lipinski definition) is 6. The minimum Gasteiger partial charge on any atom is -0.387 e. The molecule has 0 aliphatic carbocycles. The van der Waals surface area contributed by atoms with Crippen LogP contribution in [0.25, 0.3) is 10.4 Å². The van der Waals surface area contributed by atoms with E-state index in [4.69, 9.17) is 24.5 Å². The minimum absolute atomic E-state index is 0.258. The van der Waals surface area contributed by atoms with Crippen LogP contribution in [0.2, 0.25) is 0 Å². The van der Waals surface area contributed by atoms with Gasteiger partial charge in [0, 0.05) is 17.6 Å². The van der Waals surface area contributed by atoms with Crippen LogP contribution in [0.3, 0.4) is 0 Å². The van der Waals surface area contributed by atoms with E-state index in [2.05, 4.69) is 10.0 Å². The van der Waals surface area contributed by atoms with Crippen molar-refractivity contribution in [3.05, 3.63) is 46.3 Å². The molecule has 8 heteroatoms. The summed E-state index contributed by atoms with van der Waals surface area (Å²) >= 11 is 0. The summed E-state index contributed by atoms with van der Waals surface area (Å²) in [5.41, 5.74) is 9.60. The van der Waals surface area contributed by atoms with Crippen LogP contribution in [-0.4, -0.2) is 49.5 Å². The molecule has 0 saturated carbocycles. The van der Waals surface area contributed by atoms with Crippen LogP contribution >= 0.6 is 0 Å². The first-order chi connectivity index (χ1) is 10.7. The van der Waals surface area contributed by atoms with Gasteiger partial charge in [0.15, 0.2) is 12.6 Å². The third-order valence-corrected chi connectivity index (χ3v) is 3.82. The van der Waals surface area contributed by atoms with E-state index in [1.807, 2.05) is 30.3 Å². The molecule has 2 heterocycles. The van der Waals surface area contributed by atoms with Crippen molar-refractivity contribution in [3.63, 3.8) is 0 Å². The highest BCUT2D eigenvalue weighted by Gasteiger charge is 2.49. The number of ether oxygens (including phenoxy) is 4. The summed E-state index contributed by atoms with van der Waals surface area (Å²) in [5, 5.41) is 13.9. The number of benzene rings is 1. The van der Waals surface area contributed by atoms with Gasteiger partial charge in [-0.05, 0) is 5.53 Å². The van der Waals surface area contributed by atoms with Crippen LogP contribution < -0.4 is 0 Å². The molecule has 0 amide bonds. The summed E-state index contributed by atoms with van der Waals surface area (Å²) in [5.74, 6) is 0. The molecule has 2 fully saturated rings. The summed E-state index contributed by atoms with van der Waals surface area (Å²) in [6.45, 7) is 0.258. The van der Waals surface area contributed by atoms with Crippen LogP contribution in [0.4, 0.5) is 0 Å². The maximum absolute atomic E-state index is 10.2. The van der Waals surface area contributed by atoms with Gasteiger partial charge in [-0.25, -0.2) is 0 Å². The van der Waals surface area contributed by atoms with Gasteiger partial charge >= 0.3 is 0 Å². The van der Waals surface area contributed by atoms with Gasteiger partial charge in [0.05, 0.1) is 12.6 Å². The molecular weight excluding hydrogens is 290 g/mol. The Labute approximate surface area is 127 Å². The van der Waals surface area contributed by atoms with E-state index >= 15 is 0 Å². The molecule has 0 radical (unpaired) electrons. The first kappa shape index (κ1) is 15.2. The number of fused-ring (bicyclic) bond motifs is 1. The lowest BCUT2D eigenvalue weighted by Crippen LogP contribution is -2.61. The topological polar surface area (TPSA) is 106 Å². The predicted molar refractivity (Wildman–Crippen MR) is 74.6 cm³/mol. The van der Waals surface area contributed by atoms with Gasteiger partial charge < -0.3 is 24.1 Å². The Bertz CT molecular complexity index is 551. The second-order valence-corrected chi connectivity index (χ2v) is 5.14. The second kappa shape index (κ2) is 6.62. The normalized spacial score (nSPS) is 37.9. The van der Waals surface area contributed by atoms with Crippen LogP contribution in [0, 0.1) is 0 Å². The van der Waals surface area contributed by atoms with Crippen LogP contribution in [0.15, 0.2) is 35.4 Å². The minimum atomic E-state index is -1.10. The lowest BCUT2D eigenvalue weighted by atomic mass is 9.96. The average molecular weight is 307 g/mol. The Morgan fingerprint density at radius 3 is 2.77 bits per heavy atom. The summed E-state index contributed by atoms with van der Waals surface area (Å²) in [4.78, 5) is 2.80. The smallest absolute Gasteiger partial charge is 0.184 e. The SMILES string of the molecule is COC1OC2COC(c3ccccc3)OC2C(N=[N+]=[N-])C1O. The number of hydrogen-bond donors (Lipinski definition) is 1. The second-order valence-electron chi connectivity index (χ2n) is 5.14. The van der Waals surface area contributed by atoms with E-state index in [-0.39, 0.29) is 6.61 Å². The van der Waals surface area contributed by atoms with Gasteiger partial charge in [-0.15, -0.1) is 0 Å². The van der Waals surface area contributed by atoms with Gasteiger partial charge in [0.2, 0.25) is 0 Å². The first-order valence-corrected chi connectivity index (χ1v) is 6.97. The number of nitrogens with zero attached hydrogens (tertiary/aromatic N) is 3.